The minimum Gasteiger partial charge on any atom is -0.481 e. The number of ether oxygens (including phenoxy) is 1. The summed E-state index contributed by atoms with van der Waals surface area (Å²) in [5.41, 5.74) is 0.933. The molecular formula is C18H26N4OS. The van der Waals surface area contributed by atoms with Gasteiger partial charge in [0.25, 0.3) is 0 Å². The van der Waals surface area contributed by atoms with Gasteiger partial charge in [0.05, 0.1) is 19.3 Å². The lowest BCUT2D eigenvalue weighted by molar-refractivity contribution is 0.396. The van der Waals surface area contributed by atoms with Crippen molar-refractivity contribution in [2.45, 2.75) is 32.7 Å². The molecule has 130 valence electrons. The van der Waals surface area contributed by atoms with Crippen LogP contribution in [0.3, 0.4) is 0 Å². The van der Waals surface area contributed by atoms with E-state index in [9.17, 15) is 0 Å². The molecule has 5 nitrogen and oxygen atoms in total. The Bertz CT molecular complexity index is 653. The van der Waals surface area contributed by atoms with Gasteiger partial charge in [0.15, 0.2) is 5.96 Å². The number of aromatic nitrogens is 1. The van der Waals surface area contributed by atoms with E-state index in [0.29, 0.717) is 12.4 Å². The van der Waals surface area contributed by atoms with Crippen molar-refractivity contribution >= 4 is 17.3 Å². The third-order valence-electron chi connectivity index (χ3n) is 3.62. The number of pyridine rings is 1. The van der Waals surface area contributed by atoms with E-state index in [2.05, 4.69) is 58.9 Å². The van der Waals surface area contributed by atoms with E-state index in [1.54, 1.807) is 18.4 Å². The Morgan fingerprint density at radius 2 is 2.08 bits per heavy atom. The molecule has 2 aromatic heterocycles. The molecule has 0 radical (unpaired) electrons. The van der Waals surface area contributed by atoms with Crippen LogP contribution >= 0.6 is 11.3 Å². The van der Waals surface area contributed by atoms with Crippen molar-refractivity contribution in [2.75, 3.05) is 20.2 Å². The van der Waals surface area contributed by atoms with Crippen LogP contribution in [0.15, 0.2) is 40.7 Å². The molecule has 0 spiro atoms. The molecule has 0 aliphatic rings. The quantitative estimate of drug-likeness (QED) is 0.597. The average Bonchev–Trinajstić information content (AvgIpc) is 3.13. The molecule has 0 aliphatic carbocycles. The zero-order valence-corrected chi connectivity index (χ0v) is 15.6. The van der Waals surface area contributed by atoms with Gasteiger partial charge in [0, 0.05) is 29.4 Å². The lowest BCUT2D eigenvalue weighted by Crippen LogP contribution is -2.43. The number of guanidine groups is 1. The summed E-state index contributed by atoms with van der Waals surface area (Å²) in [5.74, 6) is 1.41. The molecule has 0 bridgehead atoms. The number of hydrogen-bond donors (Lipinski definition) is 2. The van der Waals surface area contributed by atoms with Crippen LogP contribution in [0.5, 0.6) is 5.88 Å². The molecule has 0 aliphatic heterocycles. The second kappa shape index (κ2) is 8.68. The highest BCUT2D eigenvalue weighted by Crippen LogP contribution is 2.26. The maximum Gasteiger partial charge on any atom is 0.213 e. The molecule has 2 N–H and O–H groups in total. The van der Waals surface area contributed by atoms with E-state index < -0.39 is 0 Å². The normalized spacial score (nSPS) is 12.1. The molecular weight excluding hydrogens is 320 g/mol. The number of rotatable bonds is 7. The van der Waals surface area contributed by atoms with Crippen molar-refractivity contribution in [3.05, 3.63) is 46.3 Å². The van der Waals surface area contributed by atoms with Crippen LogP contribution in [0.1, 0.15) is 31.3 Å². The summed E-state index contributed by atoms with van der Waals surface area (Å²) < 4.78 is 5.15. The fourth-order valence-corrected chi connectivity index (χ4v) is 3.07. The second-order valence-electron chi connectivity index (χ2n) is 6.08. The van der Waals surface area contributed by atoms with Crippen LogP contribution in [-0.2, 0) is 12.0 Å². The van der Waals surface area contributed by atoms with E-state index >= 15 is 0 Å². The van der Waals surface area contributed by atoms with E-state index in [0.717, 1.165) is 24.7 Å². The van der Waals surface area contributed by atoms with Gasteiger partial charge in [-0.3, -0.25) is 0 Å². The predicted octanol–water partition coefficient (Wildman–Crippen LogP) is 3.18. The molecule has 0 saturated heterocycles. The topological polar surface area (TPSA) is 58.5 Å². The van der Waals surface area contributed by atoms with Gasteiger partial charge in [-0.1, -0.05) is 26.0 Å². The van der Waals surface area contributed by atoms with Crippen LogP contribution in [0.25, 0.3) is 0 Å². The van der Waals surface area contributed by atoms with Crippen molar-refractivity contribution < 1.29 is 4.74 Å². The highest BCUT2D eigenvalue weighted by Gasteiger charge is 2.21. The van der Waals surface area contributed by atoms with Crippen LogP contribution < -0.4 is 15.4 Å². The fraction of sp³-hybridized carbons (Fsp3) is 0.444. The number of thiophene rings is 1. The van der Waals surface area contributed by atoms with E-state index in [4.69, 9.17) is 4.74 Å². The number of aliphatic imine (C=N–C) groups is 1. The Morgan fingerprint density at radius 3 is 2.75 bits per heavy atom. The van der Waals surface area contributed by atoms with Gasteiger partial charge < -0.3 is 15.4 Å². The smallest absolute Gasteiger partial charge is 0.213 e. The molecule has 2 rings (SSSR count). The third-order valence-corrected chi connectivity index (χ3v) is 4.86. The summed E-state index contributed by atoms with van der Waals surface area (Å²) in [6, 6.07) is 9.98. The zero-order valence-electron chi connectivity index (χ0n) is 14.8. The van der Waals surface area contributed by atoms with Crippen molar-refractivity contribution in [1.82, 2.24) is 15.6 Å². The summed E-state index contributed by atoms with van der Waals surface area (Å²) in [5, 5.41) is 8.83. The molecule has 2 aromatic rings. The first-order valence-electron chi connectivity index (χ1n) is 8.11. The minimum atomic E-state index is 0.0541. The first kappa shape index (κ1) is 18.3. The Hall–Kier alpha value is -2.08. The van der Waals surface area contributed by atoms with Gasteiger partial charge in [-0.2, -0.15) is 0 Å². The summed E-state index contributed by atoms with van der Waals surface area (Å²) >= 11 is 1.79. The van der Waals surface area contributed by atoms with Crippen molar-refractivity contribution in [1.29, 1.82) is 0 Å². The first-order chi connectivity index (χ1) is 11.5. The molecule has 0 unspecified atom stereocenters. The molecule has 0 atom stereocenters. The second-order valence-corrected chi connectivity index (χ2v) is 7.03. The largest absolute Gasteiger partial charge is 0.481 e. The van der Waals surface area contributed by atoms with Crippen molar-refractivity contribution in [3.63, 3.8) is 0 Å². The Morgan fingerprint density at radius 1 is 1.25 bits per heavy atom. The van der Waals surface area contributed by atoms with Crippen LogP contribution in [0.4, 0.5) is 0 Å². The van der Waals surface area contributed by atoms with Gasteiger partial charge >= 0.3 is 0 Å². The van der Waals surface area contributed by atoms with Crippen molar-refractivity contribution in [3.8, 4) is 5.88 Å². The Balaban J connectivity index is 2.00. The lowest BCUT2D eigenvalue weighted by Gasteiger charge is -2.25. The molecule has 2 heterocycles. The van der Waals surface area contributed by atoms with Gasteiger partial charge in [-0.25, -0.2) is 9.98 Å². The zero-order chi connectivity index (χ0) is 17.4. The van der Waals surface area contributed by atoms with Crippen LogP contribution in [0.2, 0.25) is 0 Å². The molecule has 6 heteroatoms. The molecule has 0 saturated carbocycles. The SMILES string of the molecule is CCNC(=NCc1cccc(OC)n1)NCC(C)(C)c1cccs1. The average molecular weight is 347 g/mol. The van der Waals surface area contributed by atoms with Gasteiger partial charge in [-0.05, 0) is 24.4 Å². The van der Waals surface area contributed by atoms with Gasteiger partial charge in [0.2, 0.25) is 5.88 Å². The van der Waals surface area contributed by atoms with Crippen molar-refractivity contribution in [2.24, 2.45) is 4.99 Å². The minimum absolute atomic E-state index is 0.0541. The van der Waals surface area contributed by atoms with Gasteiger partial charge in [-0.15, -0.1) is 11.3 Å². The number of nitrogens with one attached hydrogen (secondary N) is 2. The maximum atomic E-state index is 5.15. The lowest BCUT2D eigenvalue weighted by atomic mass is 9.91. The number of nitrogens with zero attached hydrogens (tertiary/aromatic N) is 2. The van der Waals surface area contributed by atoms with Crippen LogP contribution in [-0.4, -0.2) is 31.1 Å². The summed E-state index contributed by atoms with van der Waals surface area (Å²) in [6.07, 6.45) is 0. The summed E-state index contributed by atoms with van der Waals surface area (Å²) in [7, 11) is 1.62. The molecule has 24 heavy (non-hydrogen) atoms. The van der Waals surface area contributed by atoms with E-state index in [1.807, 2.05) is 18.2 Å². The standard InChI is InChI=1S/C18H26N4OS/c1-5-19-17(20-12-14-8-6-10-16(22-14)23-4)21-13-18(2,3)15-9-7-11-24-15/h6-11H,5,12-13H2,1-4H3,(H2,19,20,21). The first-order valence-corrected chi connectivity index (χ1v) is 8.99. The van der Waals surface area contributed by atoms with Crippen LogP contribution in [0, 0.1) is 0 Å². The highest BCUT2D eigenvalue weighted by atomic mass is 32.1. The molecule has 0 amide bonds. The predicted molar refractivity (Wildman–Crippen MR) is 101 cm³/mol. The fourth-order valence-electron chi connectivity index (χ4n) is 2.22. The molecule has 0 fully saturated rings. The number of hydrogen-bond acceptors (Lipinski definition) is 4. The maximum absolute atomic E-state index is 5.15. The van der Waals surface area contributed by atoms with E-state index in [1.165, 1.54) is 4.88 Å². The van der Waals surface area contributed by atoms with Gasteiger partial charge in [0.1, 0.15) is 0 Å². The van der Waals surface area contributed by atoms with E-state index in [-0.39, 0.29) is 5.41 Å². The molecule has 0 aromatic carbocycles. The number of methoxy groups -OCH3 is 1. The Kier molecular flexibility index (Phi) is 6.61. The monoisotopic (exact) mass is 346 g/mol. The summed E-state index contributed by atoms with van der Waals surface area (Å²) in [4.78, 5) is 10.4. The highest BCUT2D eigenvalue weighted by molar-refractivity contribution is 7.10. The Labute approximate surface area is 148 Å². The third kappa shape index (κ3) is 5.23. The summed E-state index contributed by atoms with van der Waals surface area (Å²) in [6.45, 7) is 8.66.